The predicted octanol–water partition coefficient (Wildman–Crippen LogP) is 19.6. The molecule has 14 aliphatic rings. The molecule has 0 unspecified atom stereocenters. The van der Waals surface area contributed by atoms with Gasteiger partial charge in [0, 0.05) is 88.2 Å². The number of hydrogen-bond donors (Lipinski definition) is 7. The third-order valence-corrected chi connectivity index (χ3v) is 29.0. The van der Waals surface area contributed by atoms with Crippen molar-refractivity contribution in [1.29, 1.82) is 0 Å². The van der Waals surface area contributed by atoms with Gasteiger partial charge in [-0.15, -0.1) is 0 Å². The van der Waals surface area contributed by atoms with E-state index in [2.05, 4.69) is 67.8 Å². The zero-order chi connectivity index (χ0) is 106. The molecule has 0 radical (unpaired) electrons. The average molecular weight is 2120 g/mol. The van der Waals surface area contributed by atoms with Gasteiger partial charge in [-0.3, -0.25) is 0 Å². The lowest BCUT2D eigenvalue weighted by molar-refractivity contribution is -0.244. The van der Waals surface area contributed by atoms with E-state index in [1.165, 1.54) is 70.6 Å². The van der Waals surface area contributed by atoms with Gasteiger partial charge in [0.15, 0.2) is 86.8 Å². The molecule has 0 bridgehead atoms. The van der Waals surface area contributed by atoms with Gasteiger partial charge in [0.1, 0.15) is 0 Å². The first-order valence-electron chi connectivity index (χ1n) is 55.4. The summed E-state index contributed by atoms with van der Waals surface area (Å²) in [6.45, 7) is 22.0. The Labute approximate surface area is 869 Å². The van der Waals surface area contributed by atoms with Crippen molar-refractivity contribution in [2.45, 2.75) is 447 Å². The normalized spacial score (nSPS) is 33.6. The van der Waals surface area contributed by atoms with Crippen LogP contribution < -0.4 is 0 Å². The molecular formula is C105H182O42. The van der Waals surface area contributed by atoms with Crippen LogP contribution in [0.4, 0.5) is 33.6 Å². The van der Waals surface area contributed by atoms with Gasteiger partial charge in [-0.25, -0.2) is 33.6 Å². The van der Waals surface area contributed by atoms with Crippen molar-refractivity contribution in [2.24, 2.45) is 41.4 Å². The molecule has 42 heteroatoms. The Morgan fingerprint density at radius 1 is 0.184 bits per heavy atom. The Morgan fingerprint density at radius 3 is 0.517 bits per heavy atom. The molecule has 7 aliphatic carbocycles. The van der Waals surface area contributed by atoms with E-state index in [9.17, 15) is 33.6 Å². The molecule has 0 atom stereocenters. The van der Waals surface area contributed by atoms with Crippen LogP contribution in [0.15, 0.2) is 0 Å². The zero-order valence-electron chi connectivity index (χ0n) is 88.6. The fourth-order valence-corrected chi connectivity index (χ4v) is 20.9. The summed E-state index contributed by atoms with van der Waals surface area (Å²) in [7, 11) is 1.74. The first kappa shape index (κ1) is 126. The largest absolute Gasteiger partial charge is 0.506 e. The van der Waals surface area contributed by atoms with Crippen molar-refractivity contribution in [3.8, 4) is 0 Å². The van der Waals surface area contributed by atoms with E-state index in [0.29, 0.717) is 84.2 Å². The van der Waals surface area contributed by atoms with Crippen LogP contribution in [0.3, 0.4) is 0 Å². The van der Waals surface area contributed by atoms with Crippen LogP contribution >= 0.6 is 0 Å². The van der Waals surface area contributed by atoms with Gasteiger partial charge in [-0.1, -0.05) is 98.8 Å². The standard InChI is InChI=1S/C18H32O6.C17H30O6.C16H28O6.C15H26O6.C14H24O6.C13H22O6.C12H20O6/c1-2-3-4-5-6-11-21-15-9-7-14(8-10-15)17-22-12-16(13-23-17)24-18(19)20;1-2-3-4-5-10-20-14-8-6-13(7-9-14)16-21-11-15(12-22-16)23-17(18)19;1-2-3-4-9-19-13-7-5-12(6-8-13)15-20-10-14(11-21-15)22-16(17)18;1-2-3-8-18-12-6-4-11(5-7-12)14-19-9-13(10-20-14)21-15(16)17;1-2-7-17-11-5-3-10(4-6-11)13-18-8-12(9-19-13)20-14(15)16;1-2-16-10-5-3-9(4-6-10)12-17-7-11(8-18-12)19-13(14)15;1-15-9-4-2-8(3-5-9)11-16-6-10(7-17-11)18-12(13)14/h14-17H,2-13H2,1H3,(H,19,20);13-16H,2-12H2,1H3,(H,18,19);12-15H,2-11H2,1H3,(H,17,18);11-14H,2-10H2,1H3,(H,16,17);10-13H,2-9H2,1H3,(H,15,16);9-12H,2-8H2,1H3,(H,14,15);8-11H,2-7H2,1H3,(H,13,14)/t;;;;;;8-,9-,10-,11-. The van der Waals surface area contributed by atoms with E-state index in [4.69, 9.17) is 135 Å². The lowest BCUT2D eigenvalue weighted by Gasteiger charge is -2.37. The SMILES string of the molecule is CCCCCCCOC1CCC(C2OCC(OC(=O)O)CO2)CC1.CCCCCCOC1CCC(C2OCC(OC(=O)O)CO2)CC1.CCCCCOC1CCC(C2OCC(OC(=O)O)CO2)CC1.CCCCOC1CCC(C2OCC(OC(=O)O)CO2)CC1.CCCOC1CCC(C2OCC(OC(=O)O)CO2)CC1.CCOC1CCC(C2OCC(OC(=O)O)CO2)CC1.CO[C@H]1CC[C@H]([C@H]2OC[C@H](OC(=O)O)CO2)CC1. The Bertz CT molecular complexity index is 3360. The monoisotopic (exact) mass is 2120 g/mol. The van der Waals surface area contributed by atoms with Gasteiger partial charge in [0.25, 0.3) is 0 Å². The third-order valence-electron chi connectivity index (χ3n) is 29.0. The Morgan fingerprint density at radius 2 is 0.340 bits per heavy atom. The third kappa shape index (κ3) is 52.7. The molecule has 0 amide bonds. The highest BCUT2D eigenvalue weighted by Gasteiger charge is 2.43. The van der Waals surface area contributed by atoms with E-state index in [-0.39, 0.29) is 137 Å². The maximum atomic E-state index is 10.5. The van der Waals surface area contributed by atoms with Crippen LogP contribution in [0.2, 0.25) is 0 Å². The second-order valence-electron chi connectivity index (χ2n) is 40.6. The summed E-state index contributed by atoms with van der Waals surface area (Å²) in [6, 6.07) is 0. The van der Waals surface area contributed by atoms with Crippen molar-refractivity contribution in [3.63, 3.8) is 0 Å². The summed E-state index contributed by atoms with van der Waals surface area (Å²) in [5.74, 6) is 2.64. The molecule has 0 spiro atoms. The van der Waals surface area contributed by atoms with Gasteiger partial charge in [-0.2, -0.15) is 0 Å². The summed E-state index contributed by atoms with van der Waals surface area (Å²) < 4.78 is 151. The first-order chi connectivity index (χ1) is 71.3. The van der Waals surface area contributed by atoms with Crippen LogP contribution in [0.25, 0.3) is 0 Å². The highest BCUT2D eigenvalue weighted by Crippen LogP contribution is 2.40. The minimum Gasteiger partial charge on any atom is -0.450 e. The number of carboxylic acid groups (broad SMARTS) is 7. The van der Waals surface area contributed by atoms with Crippen molar-refractivity contribution >= 4 is 43.1 Å². The quantitative estimate of drug-likeness (QED) is 0.0169. The molecule has 7 aliphatic heterocycles. The lowest BCUT2D eigenvalue weighted by atomic mass is 9.86. The average Bonchev–Trinajstić information content (AvgIpc) is 0.874. The molecule has 7 N–H and O–H groups in total. The number of rotatable bonds is 42. The highest BCUT2D eigenvalue weighted by molar-refractivity contribution is 5.59. The number of hydrogen-bond acceptors (Lipinski definition) is 35. The van der Waals surface area contributed by atoms with Gasteiger partial charge in [0.05, 0.1) is 135 Å². The van der Waals surface area contributed by atoms with E-state index < -0.39 is 85.8 Å². The molecule has 14 rings (SSSR count). The van der Waals surface area contributed by atoms with E-state index in [0.717, 1.165) is 245 Å². The predicted molar refractivity (Wildman–Crippen MR) is 526 cm³/mol. The molecule has 7 heterocycles. The van der Waals surface area contributed by atoms with Gasteiger partial charge in [0.2, 0.25) is 0 Å². The van der Waals surface area contributed by atoms with Crippen LogP contribution in [-0.2, 0) is 133 Å². The van der Waals surface area contributed by atoms with Crippen molar-refractivity contribution in [3.05, 3.63) is 0 Å². The summed E-state index contributed by atoms with van der Waals surface area (Å²) in [4.78, 5) is 73.1. The highest BCUT2D eigenvalue weighted by atomic mass is 16.8. The molecular weight excluding hydrogens is 1930 g/mol. The minimum absolute atomic E-state index is 0.226. The van der Waals surface area contributed by atoms with E-state index >= 15 is 0 Å². The van der Waals surface area contributed by atoms with Crippen molar-refractivity contribution in [1.82, 2.24) is 0 Å². The molecule has 7 saturated carbocycles. The lowest BCUT2D eigenvalue weighted by Crippen LogP contribution is -2.43. The minimum atomic E-state index is -1.29. The summed E-state index contributed by atoms with van der Waals surface area (Å²) in [6.07, 6.45) is 35.8. The topological polar surface area (TPSA) is 520 Å². The molecule has 0 aromatic heterocycles. The second kappa shape index (κ2) is 75.0. The Balaban J connectivity index is 0.000000209. The number of ether oxygens (including phenoxy) is 28. The van der Waals surface area contributed by atoms with Crippen molar-refractivity contribution < 1.29 is 202 Å². The summed E-state index contributed by atoms with van der Waals surface area (Å²) in [5.41, 5.74) is 0. The Kier molecular flexibility index (Phi) is 64.4. The molecule has 0 aromatic carbocycles. The summed E-state index contributed by atoms with van der Waals surface area (Å²) in [5, 5.41) is 59.8. The zero-order valence-corrected chi connectivity index (χ0v) is 88.6. The molecule has 7 saturated heterocycles. The maximum absolute atomic E-state index is 10.5. The van der Waals surface area contributed by atoms with Gasteiger partial charge < -0.3 is 168 Å². The van der Waals surface area contributed by atoms with Crippen LogP contribution in [-0.4, -0.2) is 348 Å². The van der Waals surface area contributed by atoms with Crippen molar-refractivity contribution in [2.75, 3.05) is 139 Å². The van der Waals surface area contributed by atoms with Gasteiger partial charge >= 0.3 is 43.1 Å². The maximum Gasteiger partial charge on any atom is 0.506 e. The van der Waals surface area contributed by atoms with E-state index in [1.807, 2.05) is 6.92 Å². The summed E-state index contributed by atoms with van der Waals surface area (Å²) >= 11 is 0. The number of carbonyl (C=O) groups is 7. The molecule has 854 valence electrons. The Hall–Kier alpha value is -5.95. The smallest absolute Gasteiger partial charge is 0.450 e. The molecule has 14 fully saturated rings. The van der Waals surface area contributed by atoms with Crippen LogP contribution in [0, 0.1) is 41.4 Å². The number of methoxy groups -OCH3 is 1. The molecule has 147 heavy (non-hydrogen) atoms. The number of unbranched alkanes of at least 4 members (excludes halogenated alkanes) is 10. The van der Waals surface area contributed by atoms with Crippen LogP contribution in [0.1, 0.15) is 318 Å². The van der Waals surface area contributed by atoms with E-state index in [1.54, 1.807) is 7.11 Å². The van der Waals surface area contributed by atoms with Crippen LogP contribution in [0.5, 0.6) is 0 Å². The van der Waals surface area contributed by atoms with Gasteiger partial charge in [-0.05, 0) is 219 Å². The molecule has 0 aromatic rings. The first-order valence-corrected chi connectivity index (χ1v) is 55.4. The molecule has 42 nitrogen and oxygen atoms in total. The second-order valence-corrected chi connectivity index (χ2v) is 40.6. The fourth-order valence-electron chi connectivity index (χ4n) is 20.9. The fraction of sp³-hybridized carbons (Fsp3) is 0.933.